The minimum absolute atomic E-state index is 0.418. The lowest BCUT2D eigenvalue weighted by molar-refractivity contribution is 0.187. The van der Waals surface area contributed by atoms with Gasteiger partial charge in [-0.25, -0.2) is 4.79 Å². The second kappa shape index (κ2) is 5.39. The molecule has 1 N–H and O–H groups in total. The van der Waals surface area contributed by atoms with Crippen molar-refractivity contribution in [3.05, 3.63) is 23.8 Å². The highest BCUT2D eigenvalue weighted by Gasteiger charge is 2.09. The summed E-state index contributed by atoms with van der Waals surface area (Å²) in [6.07, 6.45) is -0.504. The number of carbonyl (C=O) groups excluding carboxylic acids is 1. The Hall–Kier alpha value is -1.71. The first-order valence-corrected chi connectivity index (χ1v) is 5.11. The third kappa shape index (κ3) is 2.89. The molecule has 0 atom stereocenters. The van der Waals surface area contributed by atoms with Crippen molar-refractivity contribution in [1.82, 2.24) is 0 Å². The lowest BCUT2D eigenvalue weighted by atomic mass is 10.0. The van der Waals surface area contributed by atoms with Gasteiger partial charge in [-0.2, -0.15) is 0 Å². The Morgan fingerprint density at radius 1 is 1.31 bits per heavy atom. The standard InChI is InChI=1S/C12H17NO3/c1-8(2)9-5-6-10(11(7-9)15-3)13-12(14)16-4/h5-8H,1-4H3,(H,13,14). The van der Waals surface area contributed by atoms with Crippen molar-refractivity contribution in [2.75, 3.05) is 19.5 Å². The lowest BCUT2D eigenvalue weighted by Gasteiger charge is -2.12. The summed E-state index contributed by atoms with van der Waals surface area (Å²) in [6, 6.07) is 5.68. The number of amides is 1. The summed E-state index contributed by atoms with van der Waals surface area (Å²) < 4.78 is 9.74. The molecule has 0 aliphatic rings. The maximum Gasteiger partial charge on any atom is 0.411 e. The number of carbonyl (C=O) groups is 1. The minimum atomic E-state index is -0.504. The molecule has 0 aliphatic carbocycles. The van der Waals surface area contributed by atoms with E-state index in [-0.39, 0.29) is 0 Å². The van der Waals surface area contributed by atoms with Gasteiger partial charge in [0.1, 0.15) is 5.75 Å². The molecule has 0 fully saturated rings. The number of nitrogens with one attached hydrogen (secondary N) is 1. The molecule has 0 bridgehead atoms. The van der Waals surface area contributed by atoms with Gasteiger partial charge in [0, 0.05) is 0 Å². The Bertz CT molecular complexity index is 375. The normalized spacial score (nSPS) is 10.1. The third-order valence-electron chi connectivity index (χ3n) is 2.31. The maximum absolute atomic E-state index is 11.1. The zero-order chi connectivity index (χ0) is 12.1. The van der Waals surface area contributed by atoms with Crippen molar-refractivity contribution in [1.29, 1.82) is 0 Å². The molecule has 0 spiro atoms. The van der Waals surface area contributed by atoms with E-state index in [0.717, 1.165) is 5.56 Å². The first kappa shape index (κ1) is 12.4. The molecule has 1 amide bonds. The van der Waals surface area contributed by atoms with Crippen molar-refractivity contribution in [3.8, 4) is 5.75 Å². The second-order valence-corrected chi connectivity index (χ2v) is 3.73. The molecule has 0 saturated heterocycles. The smallest absolute Gasteiger partial charge is 0.411 e. The predicted octanol–water partition coefficient (Wildman–Crippen LogP) is 3.00. The third-order valence-corrected chi connectivity index (χ3v) is 2.31. The van der Waals surface area contributed by atoms with Crippen molar-refractivity contribution in [2.24, 2.45) is 0 Å². The van der Waals surface area contributed by atoms with E-state index in [4.69, 9.17) is 4.74 Å². The van der Waals surface area contributed by atoms with E-state index >= 15 is 0 Å². The van der Waals surface area contributed by atoms with Gasteiger partial charge in [0.15, 0.2) is 0 Å². The fourth-order valence-corrected chi connectivity index (χ4v) is 1.33. The molecule has 88 valence electrons. The fourth-order valence-electron chi connectivity index (χ4n) is 1.33. The summed E-state index contributed by atoms with van der Waals surface area (Å²) in [4.78, 5) is 11.1. The number of hydrogen-bond acceptors (Lipinski definition) is 3. The highest BCUT2D eigenvalue weighted by Crippen LogP contribution is 2.28. The Kier molecular flexibility index (Phi) is 4.17. The van der Waals surface area contributed by atoms with E-state index < -0.39 is 6.09 Å². The van der Waals surface area contributed by atoms with E-state index in [2.05, 4.69) is 23.9 Å². The van der Waals surface area contributed by atoms with Crippen LogP contribution in [-0.4, -0.2) is 20.3 Å². The number of benzene rings is 1. The monoisotopic (exact) mass is 223 g/mol. The summed E-state index contributed by atoms with van der Waals surface area (Å²) in [5, 5.41) is 2.59. The molecule has 1 aromatic rings. The molecule has 0 aliphatic heterocycles. The van der Waals surface area contributed by atoms with Gasteiger partial charge in [-0.1, -0.05) is 19.9 Å². The number of anilines is 1. The summed E-state index contributed by atoms with van der Waals surface area (Å²) in [7, 11) is 2.90. The van der Waals surface area contributed by atoms with Crippen molar-refractivity contribution in [2.45, 2.75) is 19.8 Å². The van der Waals surface area contributed by atoms with Gasteiger partial charge < -0.3 is 9.47 Å². The average molecular weight is 223 g/mol. The Labute approximate surface area is 95.6 Å². The average Bonchev–Trinajstić information content (AvgIpc) is 2.29. The first-order chi connectivity index (χ1) is 7.58. The molecule has 1 rings (SSSR count). The second-order valence-electron chi connectivity index (χ2n) is 3.73. The molecule has 0 aromatic heterocycles. The quantitative estimate of drug-likeness (QED) is 0.856. The topological polar surface area (TPSA) is 47.6 Å². The summed E-state index contributed by atoms with van der Waals surface area (Å²) in [5.74, 6) is 1.05. The van der Waals surface area contributed by atoms with Crippen molar-refractivity contribution >= 4 is 11.8 Å². The Balaban J connectivity index is 2.97. The highest BCUT2D eigenvalue weighted by molar-refractivity contribution is 5.86. The van der Waals surface area contributed by atoms with Crippen LogP contribution in [0, 0.1) is 0 Å². The largest absolute Gasteiger partial charge is 0.495 e. The van der Waals surface area contributed by atoms with Crippen LogP contribution in [0.15, 0.2) is 18.2 Å². The molecule has 4 heteroatoms. The zero-order valence-corrected chi connectivity index (χ0v) is 10.0. The number of ether oxygens (including phenoxy) is 2. The minimum Gasteiger partial charge on any atom is -0.495 e. The van der Waals surface area contributed by atoms with Gasteiger partial charge in [0.2, 0.25) is 0 Å². The summed E-state index contributed by atoms with van der Waals surface area (Å²) in [6.45, 7) is 4.20. The maximum atomic E-state index is 11.1. The Morgan fingerprint density at radius 3 is 2.50 bits per heavy atom. The number of hydrogen-bond donors (Lipinski definition) is 1. The highest BCUT2D eigenvalue weighted by atomic mass is 16.5. The zero-order valence-electron chi connectivity index (χ0n) is 10.0. The van der Waals surface area contributed by atoms with Crippen LogP contribution in [0.25, 0.3) is 0 Å². The van der Waals surface area contributed by atoms with Gasteiger partial charge in [0.05, 0.1) is 19.9 Å². The van der Waals surface area contributed by atoms with Gasteiger partial charge in [-0.15, -0.1) is 0 Å². The SMILES string of the molecule is COC(=O)Nc1ccc(C(C)C)cc1OC. The van der Waals surface area contributed by atoms with Crippen LogP contribution in [0.1, 0.15) is 25.3 Å². The fraction of sp³-hybridized carbons (Fsp3) is 0.417. The van der Waals surface area contributed by atoms with Crippen LogP contribution in [0.2, 0.25) is 0 Å². The number of rotatable bonds is 3. The van der Waals surface area contributed by atoms with Crippen molar-refractivity contribution < 1.29 is 14.3 Å². The van der Waals surface area contributed by atoms with Crippen LogP contribution in [0.5, 0.6) is 5.75 Å². The van der Waals surface area contributed by atoms with Crippen LogP contribution in [0.3, 0.4) is 0 Å². The lowest BCUT2D eigenvalue weighted by Crippen LogP contribution is -2.11. The van der Waals surface area contributed by atoms with Gasteiger partial charge in [0.25, 0.3) is 0 Å². The predicted molar refractivity (Wildman–Crippen MR) is 63.1 cm³/mol. The van der Waals surface area contributed by atoms with Gasteiger partial charge >= 0.3 is 6.09 Å². The van der Waals surface area contributed by atoms with Crippen LogP contribution in [0.4, 0.5) is 10.5 Å². The van der Waals surface area contributed by atoms with E-state index in [1.54, 1.807) is 7.11 Å². The molecular weight excluding hydrogens is 206 g/mol. The van der Waals surface area contributed by atoms with E-state index in [9.17, 15) is 4.79 Å². The molecular formula is C12H17NO3. The van der Waals surface area contributed by atoms with E-state index in [1.165, 1.54) is 7.11 Å². The molecule has 0 radical (unpaired) electrons. The molecule has 0 unspecified atom stereocenters. The van der Waals surface area contributed by atoms with Crippen LogP contribution in [-0.2, 0) is 4.74 Å². The van der Waals surface area contributed by atoms with Crippen molar-refractivity contribution in [3.63, 3.8) is 0 Å². The molecule has 0 heterocycles. The van der Waals surface area contributed by atoms with Gasteiger partial charge in [-0.05, 0) is 23.6 Å². The molecule has 16 heavy (non-hydrogen) atoms. The Morgan fingerprint density at radius 2 is 2.00 bits per heavy atom. The summed E-state index contributed by atoms with van der Waals surface area (Å²) in [5.41, 5.74) is 1.77. The molecule has 4 nitrogen and oxygen atoms in total. The van der Waals surface area contributed by atoms with Crippen LogP contribution < -0.4 is 10.1 Å². The van der Waals surface area contributed by atoms with Gasteiger partial charge in [-0.3, -0.25) is 5.32 Å². The first-order valence-electron chi connectivity index (χ1n) is 5.11. The van der Waals surface area contributed by atoms with E-state index in [0.29, 0.717) is 17.4 Å². The summed E-state index contributed by atoms with van der Waals surface area (Å²) >= 11 is 0. The molecule has 1 aromatic carbocycles. The van der Waals surface area contributed by atoms with E-state index in [1.807, 2.05) is 18.2 Å². The number of methoxy groups -OCH3 is 2. The van der Waals surface area contributed by atoms with Crippen LogP contribution >= 0.6 is 0 Å². The molecule has 0 saturated carbocycles.